The van der Waals surface area contributed by atoms with E-state index < -0.39 is 34.8 Å². The molecule has 0 fully saturated rings. The van der Waals surface area contributed by atoms with Gasteiger partial charge < -0.3 is 19.5 Å². The molecular formula is C23H18Cl2F3NO5. The Bertz CT molecular complexity index is 1310. The summed E-state index contributed by atoms with van der Waals surface area (Å²) >= 11 is 12.2. The van der Waals surface area contributed by atoms with Gasteiger partial charge in [-0.25, -0.2) is 4.79 Å². The van der Waals surface area contributed by atoms with Crippen molar-refractivity contribution >= 4 is 29.2 Å². The second-order valence-corrected chi connectivity index (χ2v) is 8.40. The van der Waals surface area contributed by atoms with Crippen molar-refractivity contribution in [1.29, 1.82) is 0 Å². The molecule has 0 aliphatic heterocycles. The van der Waals surface area contributed by atoms with Gasteiger partial charge in [-0.15, -0.1) is 0 Å². The number of rotatable bonds is 6. The van der Waals surface area contributed by atoms with Gasteiger partial charge in [-0.1, -0.05) is 36.2 Å². The third-order valence-electron chi connectivity index (χ3n) is 5.43. The molecule has 1 aromatic heterocycles. The Kier molecular flexibility index (Phi) is 7.02. The van der Waals surface area contributed by atoms with Crippen molar-refractivity contribution in [2.24, 2.45) is 7.05 Å². The Hall–Kier alpha value is -3.01. The monoisotopic (exact) mass is 515 g/mol. The third-order valence-corrected chi connectivity index (χ3v) is 6.07. The summed E-state index contributed by atoms with van der Waals surface area (Å²) in [6, 6.07) is 9.67. The Labute approximate surface area is 201 Å². The van der Waals surface area contributed by atoms with Crippen LogP contribution in [0.25, 0.3) is 0 Å². The molecule has 34 heavy (non-hydrogen) atoms. The molecule has 11 heteroatoms. The van der Waals surface area contributed by atoms with E-state index in [0.717, 1.165) is 22.9 Å². The Balaban J connectivity index is 1.97. The molecule has 180 valence electrons. The number of nitrogens with zero attached hydrogens (tertiary/aromatic N) is 1. The molecule has 2 atom stereocenters. The zero-order valence-corrected chi connectivity index (χ0v) is 19.2. The number of alkyl halides is 3. The molecule has 0 saturated carbocycles. The normalized spacial score (nSPS) is 14.4. The lowest BCUT2D eigenvalue weighted by atomic mass is 9.78. The predicted octanol–water partition coefficient (Wildman–Crippen LogP) is 5.74. The number of halogens is 5. The highest BCUT2D eigenvalue weighted by Crippen LogP contribution is 2.50. The summed E-state index contributed by atoms with van der Waals surface area (Å²) < 4.78 is 48.9. The topological polar surface area (TPSA) is 88.8 Å². The molecule has 0 aliphatic rings. The number of aromatic carboxylic acids is 1. The molecule has 2 aromatic carbocycles. The first-order chi connectivity index (χ1) is 15.8. The molecule has 0 radical (unpaired) electrons. The van der Waals surface area contributed by atoms with Crippen molar-refractivity contribution in [2.45, 2.75) is 24.6 Å². The first-order valence-electron chi connectivity index (χ1n) is 9.72. The lowest BCUT2D eigenvalue weighted by molar-refractivity contribution is -0.274. The molecule has 0 saturated heterocycles. The minimum absolute atomic E-state index is 0.0121. The van der Waals surface area contributed by atoms with Gasteiger partial charge in [0.25, 0.3) is 0 Å². The molecule has 0 amide bonds. The van der Waals surface area contributed by atoms with Gasteiger partial charge in [0.1, 0.15) is 11.5 Å². The van der Waals surface area contributed by atoms with E-state index in [1.165, 1.54) is 50.4 Å². The van der Waals surface area contributed by atoms with Gasteiger partial charge in [0.15, 0.2) is 5.60 Å². The molecule has 2 N–H and O–H groups in total. The van der Waals surface area contributed by atoms with Crippen LogP contribution in [0.15, 0.2) is 59.5 Å². The molecule has 0 unspecified atom stereocenters. The fraction of sp³-hybridized carbons (Fsp3) is 0.217. The number of pyridine rings is 1. The SMILES string of the molecule is C[C@H](c1ccc(Oc2ccc(C(=O)O)c(Cl)c2)cc1Cl)[C@@](O)(c1ccc(=O)n(C)c1)C(F)(F)F. The first-order valence-corrected chi connectivity index (χ1v) is 10.5. The molecule has 0 aliphatic carbocycles. The first kappa shape index (κ1) is 25.6. The number of carboxylic acid groups (broad SMARTS) is 1. The van der Waals surface area contributed by atoms with E-state index in [4.69, 9.17) is 33.0 Å². The van der Waals surface area contributed by atoms with E-state index in [9.17, 15) is 27.9 Å². The summed E-state index contributed by atoms with van der Waals surface area (Å²) in [4.78, 5) is 22.7. The van der Waals surface area contributed by atoms with Gasteiger partial charge >= 0.3 is 12.1 Å². The van der Waals surface area contributed by atoms with Crippen molar-refractivity contribution in [3.05, 3.63) is 91.8 Å². The Morgan fingerprint density at radius 2 is 1.62 bits per heavy atom. The van der Waals surface area contributed by atoms with Gasteiger partial charge in [-0.05, 0) is 35.9 Å². The number of aryl methyl sites for hydroxylation is 1. The van der Waals surface area contributed by atoms with Crippen LogP contribution in [-0.2, 0) is 12.6 Å². The molecule has 1 heterocycles. The molecule has 0 bridgehead atoms. The van der Waals surface area contributed by atoms with Crippen LogP contribution in [0.1, 0.15) is 34.3 Å². The smallest absolute Gasteiger partial charge is 0.422 e. The van der Waals surface area contributed by atoms with Crippen molar-refractivity contribution in [3.63, 3.8) is 0 Å². The molecule has 6 nitrogen and oxygen atoms in total. The van der Waals surface area contributed by atoms with E-state index in [2.05, 4.69) is 0 Å². The highest BCUT2D eigenvalue weighted by atomic mass is 35.5. The second-order valence-electron chi connectivity index (χ2n) is 7.58. The van der Waals surface area contributed by atoms with Crippen LogP contribution in [0.2, 0.25) is 10.0 Å². The van der Waals surface area contributed by atoms with Crippen LogP contribution in [0, 0.1) is 0 Å². The molecule has 0 spiro atoms. The van der Waals surface area contributed by atoms with Gasteiger partial charge in [0, 0.05) is 41.9 Å². The number of aliphatic hydroxyl groups is 1. The molecular weight excluding hydrogens is 498 g/mol. The maximum atomic E-state index is 14.1. The van der Waals surface area contributed by atoms with Crippen molar-refractivity contribution in [3.8, 4) is 11.5 Å². The maximum Gasteiger partial charge on any atom is 0.422 e. The van der Waals surface area contributed by atoms with Crippen LogP contribution in [0.3, 0.4) is 0 Å². The fourth-order valence-electron chi connectivity index (χ4n) is 3.49. The average molecular weight is 516 g/mol. The van der Waals surface area contributed by atoms with Crippen LogP contribution < -0.4 is 10.3 Å². The van der Waals surface area contributed by atoms with E-state index in [0.29, 0.717) is 0 Å². The van der Waals surface area contributed by atoms with Crippen molar-refractivity contribution in [2.75, 3.05) is 0 Å². The van der Waals surface area contributed by atoms with Crippen LogP contribution in [-0.4, -0.2) is 26.9 Å². The van der Waals surface area contributed by atoms with Gasteiger partial charge in [-0.3, -0.25) is 4.79 Å². The summed E-state index contributed by atoms with van der Waals surface area (Å²) in [6.07, 6.45) is -4.16. The van der Waals surface area contributed by atoms with Gasteiger partial charge in [0.2, 0.25) is 5.56 Å². The van der Waals surface area contributed by atoms with Gasteiger partial charge in [0.05, 0.1) is 10.6 Å². The maximum absolute atomic E-state index is 14.1. The quantitative estimate of drug-likeness (QED) is 0.437. The zero-order chi connectivity index (χ0) is 25.4. The number of carboxylic acids is 1. The number of aromatic nitrogens is 1. The average Bonchev–Trinajstić information content (AvgIpc) is 2.73. The predicted molar refractivity (Wildman–Crippen MR) is 120 cm³/mol. The van der Waals surface area contributed by atoms with Crippen molar-refractivity contribution < 1.29 is 32.9 Å². The number of ether oxygens (including phenoxy) is 1. The summed E-state index contributed by atoms with van der Waals surface area (Å²) in [6.45, 7) is 1.17. The number of hydrogen-bond acceptors (Lipinski definition) is 4. The van der Waals surface area contributed by atoms with Crippen LogP contribution >= 0.6 is 23.2 Å². The summed E-state index contributed by atoms with van der Waals surface area (Å²) in [5.41, 5.74) is -4.52. The third kappa shape index (κ3) is 4.77. The lowest BCUT2D eigenvalue weighted by Crippen LogP contribution is -2.47. The number of carbonyl (C=O) groups is 1. The largest absolute Gasteiger partial charge is 0.478 e. The second kappa shape index (κ2) is 9.32. The van der Waals surface area contributed by atoms with Crippen LogP contribution in [0.5, 0.6) is 11.5 Å². The van der Waals surface area contributed by atoms with Gasteiger partial charge in [-0.2, -0.15) is 13.2 Å². The Morgan fingerprint density at radius 3 is 2.12 bits per heavy atom. The standard InChI is InChI=1S/C23H18Cl2F3NO5/c1-12(22(33,23(26,27)28)13-3-8-20(30)29(2)11-13)16-6-4-14(9-18(16)24)34-15-5-7-17(21(31)32)19(25)10-15/h3-12,33H,1-2H3,(H,31,32)/t12-,22-/m1/s1. The summed E-state index contributed by atoms with van der Waals surface area (Å²) in [5, 5.41) is 19.8. The van der Waals surface area contributed by atoms with Crippen LogP contribution in [0.4, 0.5) is 13.2 Å². The number of hydrogen-bond donors (Lipinski definition) is 2. The lowest BCUT2D eigenvalue weighted by Gasteiger charge is -2.37. The highest BCUT2D eigenvalue weighted by Gasteiger charge is 2.59. The summed E-state index contributed by atoms with van der Waals surface area (Å²) in [7, 11) is 1.28. The van der Waals surface area contributed by atoms with E-state index in [1.807, 2.05) is 0 Å². The number of benzene rings is 2. The van der Waals surface area contributed by atoms with E-state index in [-0.39, 0.29) is 32.7 Å². The van der Waals surface area contributed by atoms with Crippen molar-refractivity contribution in [1.82, 2.24) is 4.57 Å². The fourth-order valence-corrected chi connectivity index (χ4v) is 4.08. The summed E-state index contributed by atoms with van der Waals surface area (Å²) in [5.74, 6) is -2.44. The zero-order valence-electron chi connectivity index (χ0n) is 17.7. The Morgan fingerprint density at radius 1 is 1.03 bits per heavy atom. The molecule has 3 rings (SSSR count). The van der Waals surface area contributed by atoms with E-state index >= 15 is 0 Å². The minimum Gasteiger partial charge on any atom is -0.478 e. The van der Waals surface area contributed by atoms with E-state index in [1.54, 1.807) is 0 Å². The molecule has 3 aromatic rings. The highest BCUT2D eigenvalue weighted by molar-refractivity contribution is 6.33. The minimum atomic E-state index is -5.09.